The average molecular weight is 370 g/mol. The van der Waals surface area contributed by atoms with Crippen LogP contribution in [0.1, 0.15) is 19.5 Å². The molecule has 0 saturated carbocycles. The Morgan fingerprint density at radius 2 is 1.92 bits per heavy atom. The van der Waals surface area contributed by atoms with Crippen molar-refractivity contribution in [2.24, 2.45) is 5.92 Å². The Hall–Kier alpha value is -2.55. The van der Waals surface area contributed by atoms with Crippen LogP contribution in [0, 0.1) is 5.92 Å². The number of alkyl halides is 3. The van der Waals surface area contributed by atoms with Crippen LogP contribution in [0.25, 0.3) is 0 Å². The third-order valence-electron chi connectivity index (χ3n) is 3.67. The van der Waals surface area contributed by atoms with Gasteiger partial charge in [-0.05, 0) is 18.1 Å². The van der Waals surface area contributed by atoms with E-state index in [1.807, 2.05) is 13.8 Å². The molecule has 1 atom stereocenters. The largest absolute Gasteiger partial charge is 0.497 e. The van der Waals surface area contributed by atoms with Gasteiger partial charge in [0.25, 0.3) is 0 Å². The van der Waals surface area contributed by atoms with Crippen LogP contribution in [-0.2, 0) is 6.18 Å². The van der Waals surface area contributed by atoms with Crippen molar-refractivity contribution in [3.05, 3.63) is 36.0 Å². The Morgan fingerprint density at radius 1 is 1.19 bits per heavy atom. The van der Waals surface area contributed by atoms with E-state index in [0.717, 1.165) is 6.07 Å². The van der Waals surface area contributed by atoms with Crippen LogP contribution in [-0.4, -0.2) is 34.8 Å². The first-order valence-electron chi connectivity index (χ1n) is 7.97. The Kier molecular flexibility index (Phi) is 6.25. The third kappa shape index (κ3) is 5.22. The number of nitrogens with zero attached hydrogens (tertiary/aromatic N) is 2. The van der Waals surface area contributed by atoms with Gasteiger partial charge in [-0.15, -0.1) is 0 Å². The summed E-state index contributed by atoms with van der Waals surface area (Å²) in [6.45, 7) is 3.41. The normalized spacial score (nSPS) is 12.8. The molecule has 2 rings (SSSR count). The molecule has 26 heavy (non-hydrogen) atoms. The molecule has 0 radical (unpaired) electrons. The van der Waals surface area contributed by atoms with Gasteiger partial charge in [0.15, 0.2) is 5.69 Å². The summed E-state index contributed by atoms with van der Waals surface area (Å²) in [5, 5.41) is 15.0. The van der Waals surface area contributed by atoms with Crippen molar-refractivity contribution in [2.45, 2.75) is 26.1 Å². The number of hydrogen-bond acceptors (Lipinski definition) is 6. The van der Waals surface area contributed by atoms with Gasteiger partial charge in [0.1, 0.15) is 11.6 Å². The number of aromatic nitrogens is 2. The van der Waals surface area contributed by atoms with E-state index in [2.05, 4.69) is 20.6 Å². The summed E-state index contributed by atoms with van der Waals surface area (Å²) < 4.78 is 44.6. The number of nitrogens with one attached hydrogen (secondary N) is 2. The van der Waals surface area contributed by atoms with Crippen molar-refractivity contribution >= 4 is 17.5 Å². The number of hydrogen-bond donors (Lipinski definition) is 3. The molecule has 0 spiro atoms. The number of aliphatic hydroxyl groups excluding tert-OH is 1. The predicted molar refractivity (Wildman–Crippen MR) is 92.6 cm³/mol. The highest BCUT2D eigenvalue weighted by Crippen LogP contribution is 2.31. The van der Waals surface area contributed by atoms with Crippen molar-refractivity contribution in [2.75, 3.05) is 24.4 Å². The molecule has 6 nitrogen and oxygen atoms in total. The van der Waals surface area contributed by atoms with Crippen LogP contribution >= 0.6 is 0 Å². The minimum Gasteiger partial charge on any atom is -0.497 e. The summed E-state index contributed by atoms with van der Waals surface area (Å²) in [5.74, 6) is 0.299. The predicted octanol–water partition coefficient (Wildman–Crippen LogP) is 3.68. The van der Waals surface area contributed by atoms with E-state index in [0.29, 0.717) is 11.4 Å². The van der Waals surface area contributed by atoms with E-state index in [1.54, 1.807) is 24.3 Å². The van der Waals surface area contributed by atoms with E-state index < -0.39 is 17.9 Å². The smallest absolute Gasteiger partial charge is 0.433 e. The van der Waals surface area contributed by atoms with E-state index in [4.69, 9.17) is 4.74 Å². The minimum atomic E-state index is -4.63. The standard InChI is InChI=1S/C17H21F3N4O2/c1-10(2)13(9-25)22-16-23-14(17(18,19)20)8-15(24-16)21-11-5-4-6-12(7-11)26-3/h4-8,10,13,25H,9H2,1-3H3,(H2,21,22,23,24)/t13-/m1/s1. The Morgan fingerprint density at radius 3 is 2.50 bits per heavy atom. The van der Waals surface area contributed by atoms with Crippen LogP contribution in [0.2, 0.25) is 0 Å². The lowest BCUT2D eigenvalue weighted by Crippen LogP contribution is -2.30. The summed E-state index contributed by atoms with van der Waals surface area (Å²) in [4.78, 5) is 7.61. The quantitative estimate of drug-likeness (QED) is 0.690. The molecule has 2 aromatic rings. The number of anilines is 3. The Labute approximate surface area is 149 Å². The lowest BCUT2D eigenvalue weighted by molar-refractivity contribution is -0.141. The van der Waals surface area contributed by atoms with E-state index >= 15 is 0 Å². The maximum atomic E-state index is 13.2. The van der Waals surface area contributed by atoms with Crippen LogP contribution < -0.4 is 15.4 Å². The molecule has 3 N–H and O–H groups in total. The number of halogens is 3. The zero-order valence-electron chi connectivity index (χ0n) is 14.6. The molecule has 0 fully saturated rings. The SMILES string of the molecule is COc1cccc(Nc2cc(C(F)(F)F)nc(N[C@H](CO)C(C)C)n2)c1. The number of aliphatic hydroxyl groups is 1. The average Bonchev–Trinajstić information content (AvgIpc) is 2.58. The molecule has 0 aliphatic heterocycles. The van der Waals surface area contributed by atoms with E-state index in [1.165, 1.54) is 7.11 Å². The molecule has 1 aromatic carbocycles. The van der Waals surface area contributed by atoms with Crippen LogP contribution in [0.4, 0.5) is 30.6 Å². The highest BCUT2D eigenvalue weighted by atomic mass is 19.4. The minimum absolute atomic E-state index is 0.0204. The summed E-state index contributed by atoms with van der Waals surface area (Å²) in [7, 11) is 1.49. The molecule has 0 unspecified atom stereocenters. The topological polar surface area (TPSA) is 79.3 Å². The molecule has 1 aromatic heterocycles. The number of benzene rings is 1. The Bertz CT molecular complexity index is 738. The zero-order chi connectivity index (χ0) is 19.3. The third-order valence-corrected chi connectivity index (χ3v) is 3.67. The fourth-order valence-corrected chi connectivity index (χ4v) is 2.16. The van der Waals surface area contributed by atoms with Crippen LogP contribution in [0.3, 0.4) is 0 Å². The molecule has 9 heteroatoms. The van der Waals surface area contributed by atoms with Gasteiger partial charge in [0, 0.05) is 17.8 Å². The fourth-order valence-electron chi connectivity index (χ4n) is 2.16. The van der Waals surface area contributed by atoms with Gasteiger partial charge in [0.2, 0.25) is 5.95 Å². The zero-order valence-corrected chi connectivity index (χ0v) is 14.6. The molecule has 0 bridgehead atoms. The molecule has 0 amide bonds. The van der Waals surface area contributed by atoms with Crippen LogP contribution in [0.15, 0.2) is 30.3 Å². The van der Waals surface area contributed by atoms with Crippen molar-refractivity contribution in [1.29, 1.82) is 0 Å². The lowest BCUT2D eigenvalue weighted by Gasteiger charge is -2.21. The highest BCUT2D eigenvalue weighted by molar-refractivity contribution is 5.59. The van der Waals surface area contributed by atoms with Crippen LogP contribution in [0.5, 0.6) is 5.75 Å². The van der Waals surface area contributed by atoms with Crippen molar-refractivity contribution in [1.82, 2.24) is 9.97 Å². The molecule has 0 aliphatic carbocycles. The Balaban J connectivity index is 2.36. The van der Waals surface area contributed by atoms with Crippen molar-refractivity contribution in [3.8, 4) is 5.75 Å². The van der Waals surface area contributed by atoms with Gasteiger partial charge >= 0.3 is 6.18 Å². The molecule has 142 valence electrons. The maximum Gasteiger partial charge on any atom is 0.433 e. The second-order valence-corrected chi connectivity index (χ2v) is 5.99. The second-order valence-electron chi connectivity index (χ2n) is 5.99. The molecule has 1 heterocycles. The fraction of sp³-hybridized carbons (Fsp3) is 0.412. The van der Waals surface area contributed by atoms with E-state index in [9.17, 15) is 18.3 Å². The van der Waals surface area contributed by atoms with Crippen molar-refractivity contribution in [3.63, 3.8) is 0 Å². The lowest BCUT2D eigenvalue weighted by atomic mass is 10.1. The van der Waals surface area contributed by atoms with Gasteiger partial charge in [-0.25, -0.2) is 4.98 Å². The molecular formula is C17H21F3N4O2. The summed E-state index contributed by atoms with van der Waals surface area (Å²) in [5.41, 5.74) is -0.564. The molecular weight excluding hydrogens is 349 g/mol. The van der Waals surface area contributed by atoms with E-state index in [-0.39, 0.29) is 24.3 Å². The monoisotopic (exact) mass is 370 g/mol. The first-order valence-corrected chi connectivity index (χ1v) is 7.97. The number of ether oxygens (including phenoxy) is 1. The van der Waals surface area contributed by atoms with Gasteiger partial charge in [-0.3, -0.25) is 0 Å². The van der Waals surface area contributed by atoms with Gasteiger partial charge in [-0.2, -0.15) is 18.2 Å². The maximum absolute atomic E-state index is 13.2. The first kappa shape index (κ1) is 19.8. The molecule has 0 saturated heterocycles. The number of rotatable bonds is 7. The first-order chi connectivity index (χ1) is 12.2. The van der Waals surface area contributed by atoms with Gasteiger partial charge < -0.3 is 20.5 Å². The molecule has 0 aliphatic rings. The van der Waals surface area contributed by atoms with Crippen molar-refractivity contribution < 1.29 is 23.0 Å². The van der Waals surface area contributed by atoms with Gasteiger partial charge in [0.05, 0.1) is 19.8 Å². The highest BCUT2D eigenvalue weighted by Gasteiger charge is 2.34. The van der Waals surface area contributed by atoms with Gasteiger partial charge in [-0.1, -0.05) is 19.9 Å². The summed E-state index contributed by atoms with van der Waals surface area (Å²) in [6.07, 6.45) is -4.63. The number of methoxy groups -OCH3 is 1. The summed E-state index contributed by atoms with van der Waals surface area (Å²) in [6, 6.07) is 7.08. The second kappa shape index (κ2) is 8.22. The summed E-state index contributed by atoms with van der Waals surface area (Å²) >= 11 is 0.